The van der Waals surface area contributed by atoms with Crippen LogP contribution in [0, 0.1) is 0 Å². The zero-order valence-corrected chi connectivity index (χ0v) is 11.4. The van der Waals surface area contributed by atoms with Gasteiger partial charge in [0.25, 0.3) is 5.91 Å². The topological polar surface area (TPSA) is 85.2 Å². The molecule has 0 aliphatic carbocycles. The number of carbonyl (C=O) groups excluding carboxylic acids is 1. The van der Waals surface area contributed by atoms with E-state index >= 15 is 0 Å². The van der Waals surface area contributed by atoms with Gasteiger partial charge in [0.05, 0.1) is 17.4 Å². The Bertz CT molecular complexity index is 459. The minimum atomic E-state index is -0.495. The summed E-state index contributed by atoms with van der Waals surface area (Å²) < 4.78 is 0. The van der Waals surface area contributed by atoms with Crippen molar-refractivity contribution >= 4 is 17.4 Å². The van der Waals surface area contributed by atoms with Gasteiger partial charge in [-0.3, -0.25) is 4.79 Å². The van der Waals surface area contributed by atoms with E-state index in [4.69, 9.17) is 11.5 Å². The molecule has 0 saturated carbocycles. The number of hydrogen-bond donors (Lipinski definition) is 2. The minimum absolute atomic E-state index is 0.348. The van der Waals surface area contributed by atoms with Crippen molar-refractivity contribution in [3.63, 3.8) is 0 Å². The Morgan fingerprint density at radius 1 is 1.53 bits per heavy atom. The average Bonchev–Trinajstić information content (AvgIpc) is 2.40. The molecule has 1 saturated heterocycles. The van der Waals surface area contributed by atoms with Crippen molar-refractivity contribution in [2.75, 3.05) is 17.2 Å². The summed E-state index contributed by atoms with van der Waals surface area (Å²) in [5.41, 5.74) is 11.8. The molecule has 1 unspecified atom stereocenters. The summed E-state index contributed by atoms with van der Waals surface area (Å²) in [4.78, 5) is 18.0. The molecule has 2 heterocycles. The smallest absolute Gasteiger partial charge is 0.250 e. The molecule has 2 rings (SSSR count). The summed E-state index contributed by atoms with van der Waals surface area (Å²) in [7, 11) is 0. The van der Waals surface area contributed by atoms with Crippen molar-refractivity contribution < 1.29 is 4.79 Å². The van der Waals surface area contributed by atoms with Gasteiger partial charge in [0.15, 0.2) is 0 Å². The second-order valence-corrected chi connectivity index (χ2v) is 5.13. The van der Waals surface area contributed by atoms with Crippen LogP contribution >= 0.6 is 0 Å². The summed E-state index contributed by atoms with van der Waals surface area (Å²) in [6, 6.07) is 2.24. The second kappa shape index (κ2) is 5.91. The van der Waals surface area contributed by atoms with Gasteiger partial charge in [0.1, 0.15) is 5.82 Å². The first kappa shape index (κ1) is 13.6. The summed E-state index contributed by atoms with van der Waals surface area (Å²) in [5, 5.41) is 0. The van der Waals surface area contributed by atoms with Gasteiger partial charge in [-0.2, -0.15) is 0 Å². The number of rotatable bonds is 4. The van der Waals surface area contributed by atoms with Gasteiger partial charge in [-0.15, -0.1) is 0 Å². The van der Waals surface area contributed by atoms with Gasteiger partial charge in [0.2, 0.25) is 0 Å². The van der Waals surface area contributed by atoms with Crippen LogP contribution in [0.15, 0.2) is 12.3 Å². The number of nitrogen functional groups attached to an aromatic ring is 1. The van der Waals surface area contributed by atoms with Gasteiger partial charge in [0, 0.05) is 12.6 Å². The van der Waals surface area contributed by atoms with E-state index in [-0.39, 0.29) is 0 Å². The molecule has 1 aliphatic rings. The lowest BCUT2D eigenvalue weighted by atomic mass is 9.98. The maximum Gasteiger partial charge on any atom is 0.250 e. The molecule has 1 amide bonds. The van der Waals surface area contributed by atoms with Crippen LogP contribution in [0.3, 0.4) is 0 Å². The second-order valence-electron chi connectivity index (χ2n) is 5.13. The van der Waals surface area contributed by atoms with Crippen LogP contribution in [0.4, 0.5) is 11.5 Å². The first-order valence-electron chi connectivity index (χ1n) is 6.95. The fourth-order valence-electron chi connectivity index (χ4n) is 2.76. The zero-order chi connectivity index (χ0) is 13.8. The fraction of sp³-hybridized carbons (Fsp3) is 0.571. The van der Waals surface area contributed by atoms with Gasteiger partial charge >= 0.3 is 0 Å². The number of aromatic nitrogens is 1. The van der Waals surface area contributed by atoms with Gasteiger partial charge in [-0.1, -0.05) is 13.3 Å². The number of carbonyl (C=O) groups is 1. The van der Waals surface area contributed by atoms with Crippen LogP contribution in [-0.2, 0) is 0 Å². The molecular formula is C14H22N4O. The highest BCUT2D eigenvalue weighted by molar-refractivity contribution is 5.98. The van der Waals surface area contributed by atoms with Crippen molar-refractivity contribution in [2.24, 2.45) is 5.73 Å². The van der Waals surface area contributed by atoms with E-state index in [9.17, 15) is 4.79 Å². The van der Waals surface area contributed by atoms with Gasteiger partial charge < -0.3 is 16.4 Å². The summed E-state index contributed by atoms with van der Waals surface area (Å²) >= 11 is 0. The predicted molar refractivity (Wildman–Crippen MR) is 77.1 cm³/mol. The van der Waals surface area contributed by atoms with E-state index in [1.54, 1.807) is 6.07 Å². The Hall–Kier alpha value is -1.78. The van der Waals surface area contributed by atoms with Crippen LogP contribution in [0.5, 0.6) is 0 Å². The Labute approximate surface area is 114 Å². The van der Waals surface area contributed by atoms with E-state index < -0.39 is 5.91 Å². The third-order valence-corrected chi connectivity index (χ3v) is 3.73. The molecule has 1 aromatic heterocycles. The van der Waals surface area contributed by atoms with Crippen LogP contribution in [-0.4, -0.2) is 23.5 Å². The monoisotopic (exact) mass is 262 g/mol. The molecule has 1 atom stereocenters. The molecule has 19 heavy (non-hydrogen) atoms. The summed E-state index contributed by atoms with van der Waals surface area (Å²) in [5.74, 6) is 0.325. The third-order valence-electron chi connectivity index (χ3n) is 3.73. The summed E-state index contributed by atoms with van der Waals surface area (Å²) in [6.07, 6.45) is 7.45. The lowest BCUT2D eigenvalue weighted by molar-refractivity contribution is 0.100. The SMILES string of the molecule is CCCC1CCCCN1c1cc(C(N)=O)c(N)cn1. The molecule has 5 nitrogen and oxygen atoms in total. The van der Waals surface area contributed by atoms with Crippen LogP contribution < -0.4 is 16.4 Å². The molecule has 0 aromatic carbocycles. The van der Waals surface area contributed by atoms with Crippen LogP contribution in [0.2, 0.25) is 0 Å². The van der Waals surface area contributed by atoms with Crippen molar-refractivity contribution in [1.29, 1.82) is 0 Å². The standard InChI is InChI=1S/C14H22N4O/c1-2-5-10-6-3-4-7-18(10)13-8-11(14(16)19)12(15)9-17-13/h8-10H,2-7,15H2,1H3,(H2,16,19). The first-order valence-corrected chi connectivity index (χ1v) is 6.95. The maximum atomic E-state index is 11.4. The molecule has 5 heteroatoms. The number of anilines is 2. The highest BCUT2D eigenvalue weighted by atomic mass is 16.1. The molecule has 1 aromatic rings. The van der Waals surface area contributed by atoms with E-state index in [1.807, 2.05) is 0 Å². The molecule has 0 bridgehead atoms. The van der Waals surface area contributed by atoms with Crippen molar-refractivity contribution in [1.82, 2.24) is 4.98 Å². The zero-order valence-electron chi connectivity index (χ0n) is 11.4. The number of amides is 1. The Kier molecular flexibility index (Phi) is 4.24. The highest BCUT2D eigenvalue weighted by Gasteiger charge is 2.23. The van der Waals surface area contributed by atoms with Gasteiger partial charge in [-0.25, -0.2) is 4.98 Å². The van der Waals surface area contributed by atoms with E-state index in [2.05, 4.69) is 16.8 Å². The van der Waals surface area contributed by atoms with Crippen LogP contribution in [0.1, 0.15) is 49.4 Å². The number of nitrogens with zero attached hydrogens (tertiary/aromatic N) is 2. The van der Waals surface area contributed by atoms with E-state index in [0.717, 1.165) is 31.6 Å². The van der Waals surface area contributed by atoms with E-state index in [0.29, 0.717) is 17.3 Å². The van der Waals surface area contributed by atoms with Crippen molar-refractivity contribution in [2.45, 2.75) is 45.1 Å². The average molecular weight is 262 g/mol. The number of pyridine rings is 1. The van der Waals surface area contributed by atoms with Crippen molar-refractivity contribution in [3.8, 4) is 0 Å². The Balaban J connectivity index is 2.28. The molecule has 104 valence electrons. The van der Waals surface area contributed by atoms with Crippen molar-refractivity contribution in [3.05, 3.63) is 17.8 Å². The number of hydrogen-bond acceptors (Lipinski definition) is 4. The van der Waals surface area contributed by atoms with Crippen LogP contribution in [0.25, 0.3) is 0 Å². The minimum Gasteiger partial charge on any atom is -0.397 e. The number of primary amides is 1. The number of piperidine rings is 1. The normalized spacial score (nSPS) is 19.4. The fourth-order valence-corrected chi connectivity index (χ4v) is 2.76. The summed E-state index contributed by atoms with van der Waals surface area (Å²) in [6.45, 7) is 3.18. The first-order chi connectivity index (χ1) is 9.13. The van der Waals surface area contributed by atoms with Gasteiger partial charge in [-0.05, 0) is 31.7 Å². The molecule has 0 spiro atoms. The molecular weight excluding hydrogens is 240 g/mol. The molecule has 1 fully saturated rings. The highest BCUT2D eigenvalue weighted by Crippen LogP contribution is 2.27. The lowest BCUT2D eigenvalue weighted by Gasteiger charge is -2.36. The molecule has 0 radical (unpaired) electrons. The molecule has 1 aliphatic heterocycles. The third kappa shape index (κ3) is 2.97. The predicted octanol–water partition coefficient (Wildman–Crippen LogP) is 1.92. The quantitative estimate of drug-likeness (QED) is 0.868. The molecule has 4 N–H and O–H groups in total. The van der Waals surface area contributed by atoms with E-state index in [1.165, 1.54) is 19.0 Å². The number of nitrogens with two attached hydrogens (primary N) is 2. The largest absolute Gasteiger partial charge is 0.397 e. The Morgan fingerprint density at radius 2 is 2.32 bits per heavy atom. The Morgan fingerprint density at radius 3 is 3.00 bits per heavy atom. The lowest BCUT2D eigenvalue weighted by Crippen LogP contribution is -2.40. The maximum absolute atomic E-state index is 11.4.